The normalized spacial score (nSPS) is 12.6. The van der Waals surface area contributed by atoms with Crippen LogP contribution in [0.5, 0.6) is 11.5 Å². The molecule has 0 bridgehead atoms. The predicted molar refractivity (Wildman–Crippen MR) is 135 cm³/mol. The fraction of sp³-hybridized carbons (Fsp3) is 0.286. The van der Waals surface area contributed by atoms with E-state index in [1.54, 1.807) is 12.1 Å². The maximum atomic E-state index is 13.5. The highest BCUT2D eigenvalue weighted by atomic mass is 16.5. The topological polar surface area (TPSA) is 61.5 Å². The summed E-state index contributed by atoms with van der Waals surface area (Å²) in [5.74, 6) is 2.15. The second-order valence-electron chi connectivity index (χ2n) is 8.73. The first kappa shape index (κ1) is 22.8. The molecule has 0 aliphatic carbocycles. The summed E-state index contributed by atoms with van der Waals surface area (Å²) in [4.78, 5) is 15.3. The van der Waals surface area contributed by atoms with E-state index in [1.807, 2.05) is 54.0 Å². The molecule has 2 aromatic carbocycles. The van der Waals surface area contributed by atoms with Gasteiger partial charge in [0.1, 0.15) is 5.82 Å². The molecule has 0 saturated heterocycles. The van der Waals surface area contributed by atoms with Crippen molar-refractivity contribution in [3.63, 3.8) is 0 Å². The smallest absolute Gasteiger partial charge is 0.254 e. The Morgan fingerprint density at radius 1 is 0.943 bits per heavy atom. The maximum Gasteiger partial charge on any atom is 0.254 e. The summed E-state index contributed by atoms with van der Waals surface area (Å²) in [6, 6.07) is 15.8. The molecule has 5 rings (SSSR count). The quantitative estimate of drug-likeness (QED) is 0.371. The Morgan fingerprint density at radius 2 is 1.69 bits per heavy atom. The minimum atomic E-state index is -0.0523. The summed E-state index contributed by atoms with van der Waals surface area (Å²) in [6.07, 6.45) is 4.03. The zero-order chi connectivity index (χ0) is 24.5. The third-order valence-electron chi connectivity index (χ3n) is 6.24. The molecule has 3 heterocycles. The van der Waals surface area contributed by atoms with Crippen molar-refractivity contribution in [2.24, 2.45) is 0 Å². The number of aryl methyl sites for hydroxylation is 2. The van der Waals surface area contributed by atoms with E-state index >= 15 is 0 Å². The first-order valence-corrected chi connectivity index (χ1v) is 12.0. The van der Waals surface area contributed by atoms with Crippen LogP contribution in [0.25, 0.3) is 11.5 Å². The minimum Gasteiger partial charge on any atom is -0.490 e. The molecule has 0 spiro atoms. The number of hydrogen-bond donors (Lipinski definition) is 0. The van der Waals surface area contributed by atoms with Gasteiger partial charge in [-0.25, -0.2) is 4.68 Å². The van der Waals surface area contributed by atoms with Crippen LogP contribution in [0.15, 0.2) is 60.9 Å². The van der Waals surface area contributed by atoms with E-state index in [4.69, 9.17) is 14.6 Å². The molecule has 0 fully saturated rings. The van der Waals surface area contributed by atoms with Crippen LogP contribution in [0, 0.1) is 13.8 Å². The Bertz CT molecular complexity index is 1370. The summed E-state index contributed by atoms with van der Waals surface area (Å²) in [6.45, 7) is 10.0. The third kappa shape index (κ3) is 4.18. The van der Waals surface area contributed by atoms with Crippen LogP contribution in [0.2, 0.25) is 0 Å². The van der Waals surface area contributed by atoms with Gasteiger partial charge in [0, 0.05) is 23.5 Å². The molecule has 2 aromatic heterocycles. The zero-order valence-electron chi connectivity index (χ0n) is 20.6. The predicted octanol–water partition coefficient (Wildman–Crippen LogP) is 5.23. The van der Waals surface area contributed by atoms with Crippen molar-refractivity contribution in [1.29, 1.82) is 0 Å². The second kappa shape index (κ2) is 9.33. The Kier molecular flexibility index (Phi) is 6.07. The van der Waals surface area contributed by atoms with Crippen LogP contribution in [-0.2, 0) is 13.1 Å². The summed E-state index contributed by atoms with van der Waals surface area (Å²) in [5.41, 5.74) is 5.96. The van der Waals surface area contributed by atoms with E-state index < -0.39 is 0 Å². The number of carbonyl (C=O) groups excluding carboxylic acids is 1. The largest absolute Gasteiger partial charge is 0.490 e. The first-order chi connectivity index (χ1) is 17.0. The van der Waals surface area contributed by atoms with E-state index in [2.05, 4.69) is 36.6 Å². The van der Waals surface area contributed by atoms with Crippen LogP contribution >= 0.6 is 0 Å². The van der Waals surface area contributed by atoms with Crippen molar-refractivity contribution < 1.29 is 14.3 Å². The van der Waals surface area contributed by atoms with Gasteiger partial charge in [-0.1, -0.05) is 17.7 Å². The monoisotopic (exact) mass is 470 g/mol. The third-order valence-corrected chi connectivity index (χ3v) is 6.24. The van der Waals surface area contributed by atoms with Crippen LogP contribution in [0.4, 0.5) is 0 Å². The van der Waals surface area contributed by atoms with Gasteiger partial charge in [-0.2, -0.15) is 5.10 Å². The van der Waals surface area contributed by atoms with E-state index in [-0.39, 0.29) is 5.91 Å². The molecule has 0 unspecified atom stereocenters. The van der Waals surface area contributed by atoms with Crippen molar-refractivity contribution in [2.45, 2.75) is 40.8 Å². The fourth-order valence-corrected chi connectivity index (χ4v) is 4.66. The van der Waals surface area contributed by atoms with E-state index in [1.165, 1.54) is 5.56 Å². The lowest BCUT2D eigenvalue weighted by molar-refractivity contribution is 0.0748. The van der Waals surface area contributed by atoms with Crippen LogP contribution in [-0.4, -0.2) is 38.4 Å². The number of fused-ring (bicyclic) bond motifs is 1. The number of aromatic nitrogens is 3. The van der Waals surface area contributed by atoms with Gasteiger partial charge < -0.3 is 18.9 Å². The lowest BCUT2D eigenvalue weighted by atomic mass is 10.1. The fourth-order valence-electron chi connectivity index (χ4n) is 4.66. The summed E-state index contributed by atoms with van der Waals surface area (Å²) < 4.78 is 15.5. The molecule has 1 aliphatic heterocycles. The van der Waals surface area contributed by atoms with Crippen LogP contribution < -0.4 is 9.47 Å². The zero-order valence-corrected chi connectivity index (χ0v) is 20.6. The molecule has 0 saturated carbocycles. The Balaban J connectivity index is 1.49. The van der Waals surface area contributed by atoms with Crippen LogP contribution in [0.3, 0.4) is 0 Å². The van der Waals surface area contributed by atoms with E-state index in [0.717, 1.165) is 28.3 Å². The molecule has 1 aliphatic rings. The summed E-state index contributed by atoms with van der Waals surface area (Å²) >= 11 is 0. The first-order valence-electron chi connectivity index (χ1n) is 12.0. The van der Waals surface area contributed by atoms with Gasteiger partial charge in [-0.05, 0) is 69.7 Å². The standard InChI is InChI=1S/C28H30N4O3/c1-5-34-25-12-10-21(16-26(25)35-6-2)28(33)31-17-22-23(18-31)29-32(27(22)30-13-7-8-14-30)24-11-9-19(3)15-20(24)4/h7-16H,5-6,17-18H2,1-4H3. The molecule has 35 heavy (non-hydrogen) atoms. The Hall–Kier alpha value is -4.00. The highest BCUT2D eigenvalue weighted by Gasteiger charge is 2.32. The SMILES string of the molecule is CCOc1ccc(C(=O)N2Cc3nn(-c4ccc(C)cc4C)c(-n4cccc4)c3C2)cc1OCC. The van der Waals surface area contributed by atoms with Gasteiger partial charge in [0.15, 0.2) is 11.5 Å². The van der Waals surface area contributed by atoms with Gasteiger partial charge in [-0.3, -0.25) is 4.79 Å². The number of ether oxygens (including phenoxy) is 2. The second-order valence-corrected chi connectivity index (χ2v) is 8.73. The average Bonchev–Trinajstić information content (AvgIpc) is 3.56. The van der Waals surface area contributed by atoms with Gasteiger partial charge >= 0.3 is 0 Å². The van der Waals surface area contributed by atoms with Crippen LogP contribution in [0.1, 0.15) is 46.6 Å². The number of hydrogen-bond acceptors (Lipinski definition) is 4. The van der Waals surface area contributed by atoms with Crippen molar-refractivity contribution in [1.82, 2.24) is 19.2 Å². The molecule has 7 nitrogen and oxygen atoms in total. The molecular weight excluding hydrogens is 440 g/mol. The molecule has 180 valence electrons. The van der Waals surface area contributed by atoms with Crippen molar-refractivity contribution in [2.75, 3.05) is 13.2 Å². The van der Waals surface area contributed by atoms with Gasteiger partial charge in [0.05, 0.1) is 37.7 Å². The average molecular weight is 471 g/mol. The van der Waals surface area contributed by atoms with E-state index in [0.29, 0.717) is 43.4 Å². The Labute approximate surface area is 205 Å². The highest BCUT2D eigenvalue weighted by Crippen LogP contribution is 2.34. The minimum absolute atomic E-state index is 0.0523. The van der Waals surface area contributed by atoms with E-state index in [9.17, 15) is 4.79 Å². The van der Waals surface area contributed by atoms with Gasteiger partial charge in [-0.15, -0.1) is 0 Å². The molecule has 4 aromatic rings. The number of carbonyl (C=O) groups is 1. The summed E-state index contributed by atoms with van der Waals surface area (Å²) in [5, 5.41) is 4.98. The molecule has 0 radical (unpaired) electrons. The molecule has 7 heteroatoms. The molecule has 1 amide bonds. The molecule has 0 atom stereocenters. The highest BCUT2D eigenvalue weighted by molar-refractivity contribution is 5.95. The number of nitrogens with zero attached hydrogens (tertiary/aromatic N) is 4. The summed E-state index contributed by atoms with van der Waals surface area (Å²) in [7, 11) is 0. The lowest BCUT2D eigenvalue weighted by Gasteiger charge is -2.19. The molecular formula is C28H30N4O3. The van der Waals surface area contributed by atoms with Crippen molar-refractivity contribution in [3.8, 4) is 23.0 Å². The van der Waals surface area contributed by atoms with Gasteiger partial charge in [0.2, 0.25) is 0 Å². The lowest BCUT2D eigenvalue weighted by Crippen LogP contribution is -2.26. The number of rotatable bonds is 7. The number of benzene rings is 2. The van der Waals surface area contributed by atoms with Crippen molar-refractivity contribution >= 4 is 5.91 Å². The number of amides is 1. The molecule has 0 N–H and O–H groups in total. The maximum absolute atomic E-state index is 13.5. The van der Waals surface area contributed by atoms with Crippen molar-refractivity contribution in [3.05, 3.63) is 88.9 Å². The van der Waals surface area contributed by atoms with Gasteiger partial charge in [0.25, 0.3) is 5.91 Å². The Morgan fingerprint density at radius 3 is 2.40 bits per heavy atom.